The molecule has 0 unspecified atom stereocenters. The van der Waals surface area contributed by atoms with Crippen LogP contribution in [0.25, 0.3) is 22.3 Å². The SMILES string of the molecule is CC(C)(O)c1cc(OC2CCN(C3CC(CC#N)(n4cc(-c5ncnc6[nH]ccc56)cn4)C3)CC2)nc(C(F)(F)F)c1. The molecule has 1 aliphatic carbocycles. The van der Waals surface area contributed by atoms with Crippen molar-refractivity contribution in [2.24, 2.45) is 0 Å². The number of hydrogen-bond donors (Lipinski definition) is 2. The number of fused-ring (bicyclic) bond motifs is 1. The van der Waals surface area contributed by atoms with Gasteiger partial charge in [0.1, 0.15) is 23.8 Å². The number of H-pyrrole nitrogens is 1. The molecule has 1 saturated heterocycles. The highest BCUT2D eigenvalue weighted by molar-refractivity contribution is 5.90. The molecule has 42 heavy (non-hydrogen) atoms. The van der Waals surface area contributed by atoms with Crippen LogP contribution in [-0.2, 0) is 17.3 Å². The molecule has 2 N–H and O–H groups in total. The highest BCUT2D eigenvalue weighted by Gasteiger charge is 2.49. The molecule has 1 saturated carbocycles. The summed E-state index contributed by atoms with van der Waals surface area (Å²) in [6.07, 6.45) is 5.23. The van der Waals surface area contributed by atoms with E-state index in [9.17, 15) is 23.5 Å². The molecular weight excluding hydrogens is 549 g/mol. The molecule has 220 valence electrons. The van der Waals surface area contributed by atoms with Gasteiger partial charge in [0.2, 0.25) is 5.88 Å². The number of aromatic nitrogens is 6. The van der Waals surface area contributed by atoms with Crippen molar-refractivity contribution in [3.8, 4) is 23.2 Å². The molecule has 0 atom stereocenters. The van der Waals surface area contributed by atoms with Crippen LogP contribution in [0, 0.1) is 11.3 Å². The Morgan fingerprint density at radius 3 is 2.64 bits per heavy atom. The van der Waals surface area contributed by atoms with Crippen molar-refractivity contribution in [3.63, 3.8) is 0 Å². The first kappa shape index (κ1) is 28.1. The van der Waals surface area contributed by atoms with Gasteiger partial charge in [-0.25, -0.2) is 15.0 Å². The Morgan fingerprint density at radius 2 is 1.95 bits per heavy atom. The topological polar surface area (TPSA) is 129 Å². The summed E-state index contributed by atoms with van der Waals surface area (Å²) in [6.45, 7) is 4.28. The number of nitrogens with one attached hydrogen (secondary N) is 1. The minimum absolute atomic E-state index is 0.0968. The van der Waals surface area contributed by atoms with E-state index in [0.717, 1.165) is 41.2 Å². The summed E-state index contributed by atoms with van der Waals surface area (Å²) in [4.78, 5) is 17.8. The molecule has 0 spiro atoms. The highest BCUT2D eigenvalue weighted by atomic mass is 19.4. The molecule has 5 heterocycles. The number of rotatable bonds is 7. The molecule has 6 rings (SSSR count). The summed E-state index contributed by atoms with van der Waals surface area (Å²) in [7, 11) is 0. The summed E-state index contributed by atoms with van der Waals surface area (Å²) >= 11 is 0. The second kappa shape index (κ2) is 10.4. The quantitative estimate of drug-likeness (QED) is 0.320. The maximum atomic E-state index is 13.4. The first-order valence-electron chi connectivity index (χ1n) is 13.9. The van der Waals surface area contributed by atoms with Crippen LogP contribution < -0.4 is 4.74 Å². The van der Waals surface area contributed by atoms with Crippen molar-refractivity contribution in [2.45, 2.75) is 75.4 Å². The molecule has 0 bridgehead atoms. The molecule has 10 nitrogen and oxygen atoms in total. The van der Waals surface area contributed by atoms with Crippen molar-refractivity contribution in [1.82, 2.24) is 34.6 Å². The van der Waals surface area contributed by atoms with Crippen LogP contribution in [-0.4, -0.2) is 65.0 Å². The van der Waals surface area contributed by atoms with Gasteiger partial charge in [0.15, 0.2) is 0 Å². The van der Waals surface area contributed by atoms with E-state index in [-0.39, 0.29) is 23.6 Å². The minimum Gasteiger partial charge on any atom is -0.474 e. The predicted octanol–water partition coefficient (Wildman–Crippen LogP) is 4.78. The molecule has 2 fully saturated rings. The summed E-state index contributed by atoms with van der Waals surface area (Å²) in [5.41, 5.74) is -0.485. The number of likely N-dealkylation sites (tertiary alicyclic amines) is 1. The summed E-state index contributed by atoms with van der Waals surface area (Å²) in [6, 6.07) is 6.76. The number of ether oxygens (including phenoxy) is 1. The number of aliphatic hydroxyl groups is 1. The number of halogens is 3. The Labute approximate surface area is 240 Å². The van der Waals surface area contributed by atoms with Crippen LogP contribution in [0.1, 0.15) is 57.2 Å². The maximum absolute atomic E-state index is 13.4. The van der Waals surface area contributed by atoms with Gasteiger partial charge in [-0.2, -0.15) is 23.5 Å². The lowest BCUT2D eigenvalue weighted by molar-refractivity contribution is -0.141. The van der Waals surface area contributed by atoms with Gasteiger partial charge >= 0.3 is 6.18 Å². The van der Waals surface area contributed by atoms with Gasteiger partial charge in [-0.3, -0.25) is 9.58 Å². The summed E-state index contributed by atoms with van der Waals surface area (Å²) in [5.74, 6) is -0.132. The molecule has 0 radical (unpaired) electrons. The normalized spacial score (nSPS) is 22.2. The van der Waals surface area contributed by atoms with Gasteiger partial charge in [-0.15, -0.1) is 0 Å². The zero-order valence-corrected chi connectivity index (χ0v) is 23.3. The van der Waals surface area contributed by atoms with Crippen LogP contribution in [0.4, 0.5) is 13.2 Å². The van der Waals surface area contributed by atoms with E-state index >= 15 is 0 Å². The zero-order chi connectivity index (χ0) is 29.7. The average molecular weight is 581 g/mol. The van der Waals surface area contributed by atoms with Crippen molar-refractivity contribution in [3.05, 3.63) is 54.4 Å². The molecule has 2 aliphatic rings. The van der Waals surface area contributed by atoms with Crippen LogP contribution in [0.2, 0.25) is 0 Å². The largest absolute Gasteiger partial charge is 0.474 e. The van der Waals surface area contributed by atoms with E-state index in [1.165, 1.54) is 26.2 Å². The second-order valence-electron chi connectivity index (χ2n) is 11.7. The zero-order valence-electron chi connectivity index (χ0n) is 23.3. The van der Waals surface area contributed by atoms with Gasteiger partial charge < -0.3 is 14.8 Å². The third-order valence-electron chi connectivity index (χ3n) is 8.41. The number of alkyl halides is 3. The van der Waals surface area contributed by atoms with E-state index in [0.29, 0.717) is 32.4 Å². The fraction of sp³-hybridized carbons (Fsp3) is 0.483. The number of piperidine rings is 1. The van der Waals surface area contributed by atoms with Crippen molar-refractivity contribution in [1.29, 1.82) is 5.26 Å². The fourth-order valence-corrected chi connectivity index (χ4v) is 6.04. The number of aromatic amines is 1. The maximum Gasteiger partial charge on any atom is 0.433 e. The van der Waals surface area contributed by atoms with Crippen LogP contribution in [0.5, 0.6) is 5.88 Å². The predicted molar refractivity (Wildman–Crippen MR) is 146 cm³/mol. The van der Waals surface area contributed by atoms with Crippen LogP contribution >= 0.6 is 0 Å². The Bertz CT molecular complexity index is 1590. The van der Waals surface area contributed by atoms with E-state index in [2.05, 4.69) is 36.0 Å². The highest BCUT2D eigenvalue weighted by Crippen LogP contribution is 2.46. The number of pyridine rings is 1. The smallest absolute Gasteiger partial charge is 0.433 e. The van der Waals surface area contributed by atoms with E-state index in [1.807, 2.05) is 23.1 Å². The Morgan fingerprint density at radius 1 is 1.19 bits per heavy atom. The van der Waals surface area contributed by atoms with Crippen LogP contribution in [0.15, 0.2) is 43.1 Å². The van der Waals surface area contributed by atoms with Crippen molar-refractivity contribution >= 4 is 11.0 Å². The third kappa shape index (κ3) is 5.32. The molecule has 0 aromatic carbocycles. The Balaban J connectivity index is 1.10. The molecule has 4 aromatic heterocycles. The number of nitriles is 1. The monoisotopic (exact) mass is 580 g/mol. The van der Waals surface area contributed by atoms with Crippen LogP contribution in [0.3, 0.4) is 0 Å². The number of hydrogen-bond acceptors (Lipinski definition) is 8. The first-order chi connectivity index (χ1) is 19.9. The summed E-state index contributed by atoms with van der Waals surface area (Å²) in [5, 5.41) is 25.5. The van der Waals surface area contributed by atoms with Gasteiger partial charge in [-0.05, 0) is 57.2 Å². The first-order valence-corrected chi connectivity index (χ1v) is 13.9. The van der Waals surface area contributed by atoms with Gasteiger partial charge in [-0.1, -0.05) is 0 Å². The van der Waals surface area contributed by atoms with Gasteiger partial charge in [0, 0.05) is 48.5 Å². The molecule has 0 amide bonds. The van der Waals surface area contributed by atoms with E-state index in [4.69, 9.17) is 4.74 Å². The average Bonchev–Trinajstić information content (AvgIpc) is 3.60. The standard InChI is InChI=1S/C29H31F3N8O2/c1-27(2,41)19-11-23(29(30,31)32)38-24(12-19)42-21-4-9-39(10-5-21)20-13-28(14-20,6-7-33)40-16-18(15-37-40)25-22-3-8-34-26(22)36-17-35-25/h3,8,11-12,15-17,20-21,41H,4-6,9-10,13-14H2,1-2H3,(H,34,35,36). The lowest BCUT2D eigenvalue weighted by Crippen LogP contribution is -2.58. The number of nitrogens with zero attached hydrogens (tertiary/aromatic N) is 7. The third-order valence-corrected chi connectivity index (χ3v) is 8.41. The Hall–Kier alpha value is -4.02. The van der Waals surface area contributed by atoms with Gasteiger partial charge in [0.25, 0.3) is 0 Å². The minimum atomic E-state index is -4.65. The molecule has 4 aromatic rings. The fourth-order valence-electron chi connectivity index (χ4n) is 6.04. The van der Waals surface area contributed by atoms with Gasteiger partial charge in [0.05, 0.1) is 35.5 Å². The van der Waals surface area contributed by atoms with E-state index in [1.54, 1.807) is 6.20 Å². The van der Waals surface area contributed by atoms with Crippen molar-refractivity contribution < 1.29 is 23.0 Å². The molecular formula is C29H31F3N8O2. The summed E-state index contributed by atoms with van der Waals surface area (Å²) < 4.78 is 48.1. The molecule has 1 aliphatic heterocycles. The second-order valence-corrected chi connectivity index (χ2v) is 11.7. The van der Waals surface area contributed by atoms with E-state index < -0.39 is 23.0 Å². The lowest BCUT2D eigenvalue weighted by atomic mass is 9.69. The lowest BCUT2D eigenvalue weighted by Gasteiger charge is -2.52. The Kier molecular flexibility index (Phi) is 6.93. The molecule has 13 heteroatoms. The van der Waals surface area contributed by atoms with Crippen molar-refractivity contribution in [2.75, 3.05) is 13.1 Å².